The van der Waals surface area contributed by atoms with Crippen LogP contribution in [0.2, 0.25) is 0 Å². The van der Waals surface area contributed by atoms with Crippen molar-refractivity contribution in [2.45, 2.75) is 6.42 Å². The summed E-state index contributed by atoms with van der Waals surface area (Å²) in [6, 6.07) is 9.17. The molecule has 0 bridgehead atoms. The Bertz CT molecular complexity index is 455. The van der Waals surface area contributed by atoms with Gasteiger partial charge >= 0.3 is 0 Å². The summed E-state index contributed by atoms with van der Waals surface area (Å²) < 4.78 is 0. The average molecular weight is 197 g/mol. The van der Waals surface area contributed by atoms with Gasteiger partial charge in [-0.05, 0) is 6.08 Å². The normalized spacial score (nSPS) is 14.9. The van der Waals surface area contributed by atoms with Gasteiger partial charge in [0, 0.05) is 23.3 Å². The first-order valence-electron chi connectivity index (χ1n) is 4.82. The van der Waals surface area contributed by atoms with Crippen molar-refractivity contribution in [2.75, 3.05) is 0 Å². The fourth-order valence-corrected chi connectivity index (χ4v) is 1.53. The molecule has 0 aliphatic heterocycles. The molecule has 0 heterocycles. The second-order valence-electron chi connectivity index (χ2n) is 3.45. The summed E-state index contributed by atoms with van der Waals surface area (Å²) in [4.78, 5) is 11.9. The van der Waals surface area contributed by atoms with Gasteiger partial charge in [0.05, 0.1) is 0 Å². The molecule has 0 unspecified atom stereocenters. The maximum Gasteiger partial charge on any atom is 0.189 e. The Morgan fingerprint density at radius 2 is 1.93 bits per heavy atom. The lowest BCUT2D eigenvalue weighted by molar-refractivity contribution is 0.103. The monoisotopic (exact) mass is 197 g/mol. The highest BCUT2D eigenvalue weighted by molar-refractivity contribution is 6.13. The lowest BCUT2D eigenvalue weighted by Crippen LogP contribution is -2.09. The van der Waals surface area contributed by atoms with Gasteiger partial charge < -0.3 is 5.41 Å². The van der Waals surface area contributed by atoms with Crippen LogP contribution in [0.5, 0.6) is 0 Å². The van der Waals surface area contributed by atoms with Gasteiger partial charge in [0.15, 0.2) is 5.78 Å². The lowest BCUT2D eigenvalue weighted by Gasteiger charge is -2.08. The number of nitrogens with one attached hydrogen (secondary N) is 1. The molecule has 0 saturated carbocycles. The Kier molecular flexibility index (Phi) is 2.59. The molecule has 1 aliphatic rings. The van der Waals surface area contributed by atoms with Crippen molar-refractivity contribution in [1.82, 2.24) is 0 Å². The molecule has 0 saturated heterocycles. The molecule has 2 heteroatoms. The predicted octanol–water partition coefficient (Wildman–Crippen LogP) is 2.78. The number of carbonyl (C=O) groups is 1. The molecule has 1 aromatic carbocycles. The molecule has 0 fully saturated rings. The van der Waals surface area contributed by atoms with Crippen molar-refractivity contribution in [1.29, 1.82) is 5.41 Å². The molecule has 1 N–H and O–H groups in total. The van der Waals surface area contributed by atoms with Gasteiger partial charge in [0.25, 0.3) is 0 Å². The summed E-state index contributed by atoms with van der Waals surface area (Å²) in [6.07, 6.45) is 5.68. The molecule has 74 valence electrons. The molecule has 0 atom stereocenters. The maximum atomic E-state index is 11.9. The van der Waals surface area contributed by atoms with Crippen molar-refractivity contribution in [3.63, 3.8) is 0 Å². The van der Waals surface area contributed by atoms with E-state index in [-0.39, 0.29) is 5.78 Å². The zero-order valence-electron chi connectivity index (χ0n) is 8.23. The van der Waals surface area contributed by atoms with E-state index in [2.05, 4.69) is 0 Å². The number of allylic oxidation sites excluding steroid dienone is 4. The van der Waals surface area contributed by atoms with E-state index in [1.807, 2.05) is 18.2 Å². The Balaban J connectivity index is 2.26. The third-order valence-electron chi connectivity index (χ3n) is 2.30. The zero-order chi connectivity index (χ0) is 10.7. The van der Waals surface area contributed by atoms with E-state index < -0.39 is 0 Å². The van der Waals surface area contributed by atoms with Gasteiger partial charge in [-0.25, -0.2) is 0 Å². The van der Waals surface area contributed by atoms with E-state index in [9.17, 15) is 4.79 Å². The molecule has 0 radical (unpaired) electrons. The van der Waals surface area contributed by atoms with Crippen LogP contribution < -0.4 is 0 Å². The number of carbonyl (C=O) groups excluding carboxylic acids is 1. The summed E-state index contributed by atoms with van der Waals surface area (Å²) in [5.41, 5.74) is 1.86. The first-order chi connectivity index (χ1) is 7.27. The van der Waals surface area contributed by atoms with Gasteiger partial charge in [-0.3, -0.25) is 4.79 Å². The van der Waals surface area contributed by atoms with Gasteiger partial charge in [0.1, 0.15) is 0 Å². The summed E-state index contributed by atoms with van der Waals surface area (Å²) in [5.74, 6) is 0.0182. The van der Waals surface area contributed by atoms with Crippen LogP contribution in [0.1, 0.15) is 16.8 Å². The van der Waals surface area contributed by atoms with Crippen molar-refractivity contribution in [2.24, 2.45) is 0 Å². The summed E-state index contributed by atoms with van der Waals surface area (Å²) in [5, 5.41) is 7.49. The minimum absolute atomic E-state index is 0.0182. The van der Waals surface area contributed by atoms with Crippen LogP contribution in [0.4, 0.5) is 0 Å². The quantitative estimate of drug-likeness (QED) is 0.727. The van der Waals surface area contributed by atoms with Crippen molar-refractivity contribution in [3.05, 3.63) is 59.7 Å². The Morgan fingerprint density at radius 1 is 1.20 bits per heavy atom. The zero-order valence-corrected chi connectivity index (χ0v) is 8.23. The molecular weight excluding hydrogens is 186 g/mol. The second-order valence-corrected chi connectivity index (χ2v) is 3.45. The molecule has 2 rings (SSSR count). The van der Waals surface area contributed by atoms with E-state index in [0.29, 0.717) is 23.3 Å². The molecule has 0 spiro atoms. The summed E-state index contributed by atoms with van der Waals surface area (Å²) >= 11 is 0. The number of benzene rings is 1. The largest absolute Gasteiger partial charge is 0.305 e. The van der Waals surface area contributed by atoms with E-state index in [1.54, 1.807) is 30.4 Å². The fraction of sp³-hybridized carbons (Fsp3) is 0.0769. The first kappa shape index (κ1) is 9.59. The first-order valence-corrected chi connectivity index (χ1v) is 4.82. The molecule has 15 heavy (non-hydrogen) atoms. The van der Waals surface area contributed by atoms with Gasteiger partial charge in [-0.15, -0.1) is 0 Å². The maximum absolute atomic E-state index is 11.9. The van der Waals surface area contributed by atoms with Crippen LogP contribution in [-0.4, -0.2) is 11.5 Å². The van der Waals surface area contributed by atoms with Crippen LogP contribution in [0.15, 0.2) is 54.1 Å². The predicted molar refractivity (Wildman–Crippen MR) is 60.3 cm³/mol. The Labute approximate surface area is 88.4 Å². The number of hydrogen-bond donors (Lipinski definition) is 1. The Morgan fingerprint density at radius 3 is 2.60 bits per heavy atom. The second kappa shape index (κ2) is 4.05. The smallest absolute Gasteiger partial charge is 0.189 e. The summed E-state index contributed by atoms with van der Waals surface area (Å²) in [7, 11) is 0. The number of ketones is 1. The lowest BCUT2D eigenvalue weighted by atomic mass is 9.95. The highest BCUT2D eigenvalue weighted by Crippen LogP contribution is 2.15. The number of Topliss-reactive ketones (excluding diaryl/α,β-unsaturated/α-hetero) is 1. The molecule has 1 aromatic rings. The fourth-order valence-electron chi connectivity index (χ4n) is 1.53. The molecular formula is C13H11NO. The Hall–Kier alpha value is -1.96. The average Bonchev–Trinajstić information content (AvgIpc) is 2.29. The SMILES string of the molecule is N=C1C=CC=C(C(=O)c2ccccc2)C1. The number of hydrogen-bond acceptors (Lipinski definition) is 2. The van der Waals surface area contributed by atoms with Crippen LogP contribution in [0, 0.1) is 5.41 Å². The van der Waals surface area contributed by atoms with Crippen LogP contribution in [0.3, 0.4) is 0 Å². The minimum atomic E-state index is 0.0182. The topological polar surface area (TPSA) is 40.9 Å². The van der Waals surface area contributed by atoms with Crippen LogP contribution in [-0.2, 0) is 0 Å². The van der Waals surface area contributed by atoms with Crippen molar-refractivity contribution in [3.8, 4) is 0 Å². The highest BCUT2D eigenvalue weighted by Gasteiger charge is 2.14. The highest BCUT2D eigenvalue weighted by atomic mass is 16.1. The van der Waals surface area contributed by atoms with Crippen LogP contribution >= 0.6 is 0 Å². The van der Waals surface area contributed by atoms with E-state index in [1.165, 1.54) is 0 Å². The molecule has 1 aliphatic carbocycles. The minimum Gasteiger partial charge on any atom is -0.305 e. The third kappa shape index (κ3) is 2.10. The molecule has 0 aromatic heterocycles. The van der Waals surface area contributed by atoms with Gasteiger partial charge in [0.2, 0.25) is 0 Å². The summed E-state index contributed by atoms with van der Waals surface area (Å²) in [6.45, 7) is 0. The standard InChI is InChI=1S/C13H11NO/c14-12-8-4-7-11(9-12)13(15)10-5-2-1-3-6-10/h1-8,14H,9H2. The van der Waals surface area contributed by atoms with Gasteiger partial charge in [-0.1, -0.05) is 42.5 Å². The molecule has 2 nitrogen and oxygen atoms in total. The molecule has 0 amide bonds. The van der Waals surface area contributed by atoms with Crippen molar-refractivity contribution < 1.29 is 4.79 Å². The van der Waals surface area contributed by atoms with Crippen molar-refractivity contribution >= 4 is 11.5 Å². The van der Waals surface area contributed by atoms with E-state index in [4.69, 9.17) is 5.41 Å². The third-order valence-corrected chi connectivity index (χ3v) is 2.30. The van der Waals surface area contributed by atoms with E-state index >= 15 is 0 Å². The van der Waals surface area contributed by atoms with E-state index in [0.717, 1.165) is 0 Å². The van der Waals surface area contributed by atoms with Gasteiger partial charge in [-0.2, -0.15) is 0 Å². The van der Waals surface area contributed by atoms with Crippen LogP contribution in [0.25, 0.3) is 0 Å². The number of rotatable bonds is 2.